The number of methoxy groups -OCH3 is 1. The van der Waals surface area contributed by atoms with Crippen molar-refractivity contribution in [2.24, 2.45) is 0 Å². The van der Waals surface area contributed by atoms with Gasteiger partial charge in [0.25, 0.3) is 5.91 Å². The largest absolute Gasteiger partial charge is 0.481 e. The van der Waals surface area contributed by atoms with Crippen LogP contribution in [0.2, 0.25) is 0 Å². The van der Waals surface area contributed by atoms with Crippen LogP contribution < -0.4 is 15.0 Å². The predicted molar refractivity (Wildman–Crippen MR) is 128 cm³/mol. The zero-order valence-electron chi connectivity index (χ0n) is 20.4. The van der Waals surface area contributed by atoms with E-state index in [2.05, 4.69) is 20.2 Å². The Kier molecular flexibility index (Phi) is 7.16. The second-order valence-electron chi connectivity index (χ2n) is 8.61. The maximum atomic E-state index is 13.5. The highest BCUT2D eigenvalue weighted by molar-refractivity contribution is 5.98. The predicted octanol–water partition coefficient (Wildman–Crippen LogP) is 3.76. The van der Waals surface area contributed by atoms with E-state index in [1.54, 1.807) is 39.3 Å². The van der Waals surface area contributed by atoms with E-state index >= 15 is 0 Å². The number of rotatable bonds is 6. The Balaban J connectivity index is 1.77. The van der Waals surface area contributed by atoms with E-state index in [4.69, 9.17) is 14.5 Å². The molecule has 2 aromatic heterocycles. The molecule has 192 valence electrons. The fourth-order valence-electron chi connectivity index (χ4n) is 4.01. The molecule has 0 spiro atoms. The number of nitrogens with one attached hydrogen (secondary N) is 1. The maximum Gasteiger partial charge on any atom is 0.421 e. The number of amides is 1. The average Bonchev–Trinajstić information content (AvgIpc) is 2.87. The van der Waals surface area contributed by atoms with Gasteiger partial charge in [-0.2, -0.15) is 13.2 Å². The third-order valence-electron chi connectivity index (χ3n) is 5.85. The molecule has 1 aromatic carbocycles. The Hall–Kier alpha value is -3.67. The molecule has 3 heterocycles. The fourth-order valence-corrected chi connectivity index (χ4v) is 4.01. The van der Waals surface area contributed by atoms with Crippen LogP contribution in [0.1, 0.15) is 34.5 Å². The molecule has 0 bridgehead atoms. The molecule has 1 aliphatic heterocycles. The number of ether oxygens (including phenoxy) is 2. The van der Waals surface area contributed by atoms with Crippen LogP contribution in [0.3, 0.4) is 0 Å². The van der Waals surface area contributed by atoms with Gasteiger partial charge in [0.15, 0.2) is 0 Å². The molecule has 12 heteroatoms. The van der Waals surface area contributed by atoms with E-state index in [1.165, 1.54) is 11.1 Å². The van der Waals surface area contributed by atoms with E-state index < -0.39 is 23.7 Å². The van der Waals surface area contributed by atoms with Crippen molar-refractivity contribution in [1.82, 2.24) is 19.9 Å². The van der Waals surface area contributed by atoms with Gasteiger partial charge in [0, 0.05) is 38.3 Å². The summed E-state index contributed by atoms with van der Waals surface area (Å²) in [6.07, 6.45) is -1.71. The average molecular weight is 505 g/mol. The lowest BCUT2D eigenvalue weighted by Crippen LogP contribution is -2.36. The third-order valence-corrected chi connectivity index (χ3v) is 5.85. The normalized spacial score (nSPS) is 15.0. The van der Waals surface area contributed by atoms with Crippen molar-refractivity contribution in [2.45, 2.75) is 19.1 Å². The molecule has 0 radical (unpaired) electrons. The van der Waals surface area contributed by atoms with Gasteiger partial charge in [0.2, 0.25) is 5.88 Å². The van der Waals surface area contributed by atoms with Gasteiger partial charge in [-0.3, -0.25) is 9.78 Å². The van der Waals surface area contributed by atoms with Crippen LogP contribution in [-0.4, -0.2) is 73.3 Å². The Morgan fingerprint density at radius 2 is 1.89 bits per heavy atom. The van der Waals surface area contributed by atoms with Gasteiger partial charge in [0.05, 0.1) is 55.5 Å². The topological polar surface area (TPSA) is 92.7 Å². The van der Waals surface area contributed by atoms with Crippen molar-refractivity contribution in [3.8, 4) is 5.88 Å². The molecular weight excluding hydrogens is 477 g/mol. The molecule has 4 rings (SSSR count). The summed E-state index contributed by atoms with van der Waals surface area (Å²) in [5.74, 6) is -0.0722. The van der Waals surface area contributed by atoms with Gasteiger partial charge >= 0.3 is 6.18 Å². The standard InChI is InChI=1S/C24H27F3N6O3/c1-14(30-16-11-18(24(25,26)27)22(35-4)29-12-16)17-9-15(23(34)32(2)3)10-19-21(17)31-20(13-28-19)33-5-7-36-8-6-33/h9-14,30H,5-8H2,1-4H3. The van der Waals surface area contributed by atoms with Crippen LogP contribution >= 0.6 is 0 Å². The number of fused-ring (bicyclic) bond motifs is 1. The molecular formula is C24H27F3N6O3. The molecule has 1 amide bonds. The zero-order valence-corrected chi connectivity index (χ0v) is 20.4. The first-order valence-electron chi connectivity index (χ1n) is 11.3. The summed E-state index contributed by atoms with van der Waals surface area (Å²) >= 11 is 0. The molecule has 3 aromatic rings. The lowest BCUT2D eigenvalue weighted by molar-refractivity contribution is -0.139. The molecule has 1 saturated heterocycles. The van der Waals surface area contributed by atoms with Crippen molar-refractivity contribution >= 4 is 28.4 Å². The lowest BCUT2D eigenvalue weighted by atomic mass is 10.0. The van der Waals surface area contributed by atoms with Gasteiger partial charge in [-0.15, -0.1) is 0 Å². The number of benzene rings is 1. The van der Waals surface area contributed by atoms with E-state index in [0.717, 1.165) is 13.2 Å². The molecule has 1 fully saturated rings. The second kappa shape index (κ2) is 10.1. The molecule has 1 unspecified atom stereocenters. The summed E-state index contributed by atoms with van der Waals surface area (Å²) in [6, 6.07) is 3.78. The molecule has 0 aliphatic carbocycles. The summed E-state index contributed by atoms with van der Waals surface area (Å²) in [5, 5.41) is 3.06. The molecule has 9 nitrogen and oxygen atoms in total. The van der Waals surface area contributed by atoms with Crippen LogP contribution in [0.5, 0.6) is 5.88 Å². The minimum Gasteiger partial charge on any atom is -0.481 e. The van der Waals surface area contributed by atoms with E-state index in [0.29, 0.717) is 54.3 Å². The molecule has 36 heavy (non-hydrogen) atoms. The highest BCUT2D eigenvalue weighted by Crippen LogP contribution is 2.37. The highest BCUT2D eigenvalue weighted by Gasteiger charge is 2.35. The number of nitrogens with zero attached hydrogens (tertiary/aromatic N) is 5. The van der Waals surface area contributed by atoms with Crippen LogP contribution in [-0.2, 0) is 10.9 Å². The number of carbonyl (C=O) groups excluding carboxylic acids is 1. The number of alkyl halides is 3. The minimum absolute atomic E-state index is 0.144. The van der Waals surface area contributed by atoms with E-state index in [9.17, 15) is 18.0 Å². The minimum atomic E-state index is -4.64. The van der Waals surface area contributed by atoms with Gasteiger partial charge in [-0.1, -0.05) is 0 Å². The van der Waals surface area contributed by atoms with Crippen LogP contribution in [0.15, 0.2) is 30.6 Å². The number of carbonyl (C=O) groups is 1. The van der Waals surface area contributed by atoms with Crippen molar-refractivity contribution < 1.29 is 27.4 Å². The van der Waals surface area contributed by atoms with Gasteiger partial charge in [-0.05, 0) is 25.1 Å². The van der Waals surface area contributed by atoms with Gasteiger partial charge in [-0.25, -0.2) is 9.97 Å². The Morgan fingerprint density at radius 1 is 1.17 bits per heavy atom. The van der Waals surface area contributed by atoms with E-state index in [-0.39, 0.29) is 11.6 Å². The molecule has 1 N–H and O–H groups in total. The van der Waals surface area contributed by atoms with Gasteiger partial charge < -0.3 is 24.6 Å². The number of anilines is 2. The van der Waals surface area contributed by atoms with Crippen LogP contribution in [0.4, 0.5) is 24.7 Å². The molecule has 0 saturated carbocycles. The first-order chi connectivity index (χ1) is 17.1. The summed E-state index contributed by atoms with van der Waals surface area (Å²) in [7, 11) is 4.42. The first-order valence-corrected chi connectivity index (χ1v) is 11.3. The Bertz CT molecular complexity index is 1260. The highest BCUT2D eigenvalue weighted by atomic mass is 19.4. The Labute approximate surface area is 206 Å². The number of pyridine rings is 1. The Morgan fingerprint density at radius 3 is 2.53 bits per heavy atom. The first kappa shape index (κ1) is 25.4. The summed E-state index contributed by atoms with van der Waals surface area (Å²) < 4.78 is 50.7. The second-order valence-corrected chi connectivity index (χ2v) is 8.61. The van der Waals surface area contributed by atoms with Crippen molar-refractivity contribution in [3.05, 3.63) is 47.3 Å². The quantitative estimate of drug-likeness (QED) is 0.543. The smallest absolute Gasteiger partial charge is 0.421 e. The van der Waals surface area contributed by atoms with Crippen molar-refractivity contribution in [1.29, 1.82) is 0 Å². The zero-order chi connectivity index (χ0) is 26.0. The molecule has 1 atom stereocenters. The van der Waals surface area contributed by atoms with Crippen LogP contribution in [0.25, 0.3) is 11.0 Å². The van der Waals surface area contributed by atoms with Gasteiger partial charge in [0.1, 0.15) is 11.4 Å². The number of halogens is 3. The van der Waals surface area contributed by atoms with Crippen molar-refractivity contribution in [3.63, 3.8) is 0 Å². The van der Waals surface area contributed by atoms with Crippen LogP contribution in [0, 0.1) is 0 Å². The van der Waals surface area contributed by atoms with Crippen molar-refractivity contribution in [2.75, 3.05) is 57.7 Å². The third kappa shape index (κ3) is 5.27. The summed E-state index contributed by atoms with van der Waals surface area (Å²) in [4.78, 5) is 29.4. The summed E-state index contributed by atoms with van der Waals surface area (Å²) in [5.41, 5.74) is 1.22. The monoisotopic (exact) mass is 504 g/mol. The summed E-state index contributed by atoms with van der Waals surface area (Å²) in [6.45, 7) is 4.26. The van der Waals surface area contributed by atoms with E-state index in [1.807, 2.05) is 0 Å². The SMILES string of the molecule is COc1ncc(NC(C)c2cc(C(=O)N(C)C)cc3ncc(N4CCOCC4)nc23)cc1C(F)(F)F. The fraction of sp³-hybridized carbons (Fsp3) is 0.417. The number of aromatic nitrogens is 3. The number of hydrogen-bond acceptors (Lipinski definition) is 8. The molecule has 1 aliphatic rings. The number of hydrogen-bond donors (Lipinski definition) is 1. The maximum absolute atomic E-state index is 13.5. The number of morpholine rings is 1. The lowest BCUT2D eigenvalue weighted by Gasteiger charge is -2.28.